The lowest BCUT2D eigenvalue weighted by Crippen LogP contribution is -2.37. The molecule has 2 aromatic heterocycles. The molecular formula is C19H29N5O. The van der Waals surface area contributed by atoms with E-state index >= 15 is 0 Å². The molecule has 6 heteroatoms. The molecule has 1 fully saturated rings. The van der Waals surface area contributed by atoms with Crippen molar-refractivity contribution in [1.82, 2.24) is 24.6 Å². The zero-order valence-corrected chi connectivity index (χ0v) is 15.2. The van der Waals surface area contributed by atoms with Gasteiger partial charge in [-0.15, -0.1) is 0 Å². The van der Waals surface area contributed by atoms with E-state index in [0.29, 0.717) is 6.04 Å². The molecule has 2 aromatic rings. The second-order valence-electron chi connectivity index (χ2n) is 7.49. The number of imidazole rings is 1. The van der Waals surface area contributed by atoms with E-state index in [-0.39, 0.29) is 0 Å². The number of ether oxygens (including phenoxy) is 1. The van der Waals surface area contributed by atoms with Gasteiger partial charge in [-0.25, -0.2) is 4.98 Å². The van der Waals surface area contributed by atoms with Crippen molar-refractivity contribution >= 4 is 0 Å². The fourth-order valence-electron chi connectivity index (χ4n) is 4.22. The highest BCUT2D eigenvalue weighted by Crippen LogP contribution is 2.27. The maximum absolute atomic E-state index is 5.94. The fourth-order valence-corrected chi connectivity index (χ4v) is 4.22. The summed E-state index contributed by atoms with van der Waals surface area (Å²) in [7, 11) is 0. The highest BCUT2D eigenvalue weighted by molar-refractivity contribution is 5.12. The van der Waals surface area contributed by atoms with Gasteiger partial charge in [0.1, 0.15) is 5.82 Å². The summed E-state index contributed by atoms with van der Waals surface area (Å²) >= 11 is 0. The van der Waals surface area contributed by atoms with E-state index in [2.05, 4.69) is 26.6 Å². The van der Waals surface area contributed by atoms with Gasteiger partial charge < -0.3 is 9.30 Å². The molecule has 1 aliphatic heterocycles. The second-order valence-corrected chi connectivity index (χ2v) is 7.49. The van der Waals surface area contributed by atoms with E-state index in [0.717, 1.165) is 45.2 Å². The molecule has 0 bridgehead atoms. The molecule has 0 aromatic carbocycles. The van der Waals surface area contributed by atoms with Crippen LogP contribution in [0, 0.1) is 5.92 Å². The van der Waals surface area contributed by atoms with Gasteiger partial charge in [-0.3, -0.25) is 10.00 Å². The molecule has 1 N–H and O–H groups in total. The fraction of sp³-hybridized carbons (Fsp3) is 0.684. The Labute approximate surface area is 149 Å². The first-order valence-electron chi connectivity index (χ1n) is 9.65. The number of nitrogens with zero attached hydrogens (tertiary/aromatic N) is 4. The number of fused-ring (bicyclic) bond motifs is 1. The van der Waals surface area contributed by atoms with Crippen LogP contribution in [0.15, 0.2) is 18.6 Å². The summed E-state index contributed by atoms with van der Waals surface area (Å²) in [6.45, 7) is 6.98. The maximum Gasteiger partial charge on any atom is 0.126 e. The first-order valence-corrected chi connectivity index (χ1v) is 9.65. The number of rotatable bonds is 7. The van der Waals surface area contributed by atoms with Crippen LogP contribution in [0.4, 0.5) is 0 Å². The molecule has 1 aliphatic carbocycles. The van der Waals surface area contributed by atoms with E-state index < -0.39 is 0 Å². The summed E-state index contributed by atoms with van der Waals surface area (Å²) in [6.07, 6.45) is 12.4. The van der Waals surface area contributed by atoms with E-state index in [9.17, 15) is 0 Å². The number of H-pyrrole nitrogens is 1. The van der Waals surface area contributed by atoms with Crippen LogP contribution < -0.4 is 0 Å². The number of aromatic nitrogens is 4. The Bertz CT molecular complexity index is 659. The average Bonchev–Trinajstić information content (AvgIpc) is 3.36. The zero-order valence-electron chi connectivity index (χ0n) is 15.2. The number of nitrogens with one attached hydrogen (secondary N) is 1. The minimum atomic E-state index is 0.330. The molecule has 25 heavy (non-hydrogen) atoms. The summed E-state index contributed by atoms with van der Waals surface area (Å²) in [5.41, 5.74) is 2.55. The third-order valence-electron chi connectivity index (χ3n) is 5.77. The van der Waals surface area contributed by atoms with Gasteiger partial charge in [0.2, 0.25) is 0 Å². The van der Waals surface area contributed by atoms with Crippen LogP contribution >= 0.6 is 0 Å². The topological polar surface area (TPSA) is 59.0 Å². The highest BCUT2D eigenvalue weighted by atomic mass is 16.5. The number of hydrogen-bond acceptors (Lipinski definition) is 4. The van der Waals surface area contributed by atoms with Gasteiger partial charge in [-0.1, -0.05) is 12.8 Å². The lowest BCUT2D eigenvalue weighted by molar-refractivity contribution is 0.102. The third-order valence-corrected chi connectivity index (χ3v) is 5.77. The molecule has 0 unspecified atom stereocenters. The van der Waals surface area contributed by atoms with Crippen molar-refractivity contribution in [2.75, 3.05) is 19.8 Å². The third kappa shape index (κ3) is 3.80. The predicted molar refractivity (Wildman–Crippen MR) is 96.1 cm³/mol. The van der Waals surface area contributed by atoms with Crippen LogP contribution in [0.3, 0.4) is 0 Å². The van der Waals surface area contributed by atoms with Crippen molar-refractivity contribution < 1.29 is 4.74 Å². The van der Waals surface area contributed by atoms with E-state index in [1.54, 1.807) is 0 Å². The summed E-state index contributed by atoms with van der Waals surface area (Å²) in [6, 6.07) is 0.330. The first-order chi connectivity index (χ1) is 12.3. The van der Waals surface area contributed by atoms with Crippen LogP contribution in [-0.2, 0) is 24.2 Å². The molecule has 6 nitrogen and oxygen atoms in total. The van der Waals surface area contributed by atoms with Crippen molar-refractivity contribution in [2.45, 2.75) is 58.2 Å². The van der Waals surface area contributed by atoms with Gasteiger partial charge >= 0.3 is 0 Å². The average molecular weight is 343 g/mol. The number of hydrogen-bond donors (Lipinski definition) is 1. The van der Waals surface area contributed by atoms with Crippen molar-refractivity contribution in [3.05, 3.63) is 35.7 Å². The van der Waals surface area contributed by atoms with Crippen molar-refractivity contribution in [3.63, 3.8) is 0 Å². The quantitative estimate of drug-likeness (QED) is 0.785. The van der Waals surface area contributed by atoms with Crippen LogP contribution in [0.2, 0.25) is 0 Å². The van der Waals surface area contributed by atoms with Gasteiger partial charge in [0.05, 0.1) is 18.8 Å². The largest absolute Gasteiger partial charge is 0.381 e. The molecule has 4 rings (SSSR count). The highest BCUT2D eigenvalue weighted by Gasteiger charge is 2.27. The monoisotopic (exact) mass is 343 g/mol. The lowest BCUT2D eigenvalue weighted by atomic mass is 10.1. The molecule has 1 atom stereocenters. The Morgan fingerprint density at radius 3 is 2.92 bits per heavy atom. The summed E-state index contributed by atoms with van der Waals surface area (Å²) in [4.78, 5) is 7.18. The van der Waals surface area contributed by atoms with Gasteiger partial charge in [-0.05, 0) is 25.7 Å². The minimum Gasteiger partial charge on any atom is -0.381 e. The van der Waals surface area contributed by atoms with Crippen molar-refractivity contribution in [3.8, 4) is 0 Å². The normalized spacial score (nSPS) is 21.7. The SMILES string of the molecule is C[C@H]1c2ncc(CCOCC3CCCC3)n2CCN1Cc1cn[nH]c1. The van der Waals surface area contributed by atoms with Gasteiger partial charge in [-0.2, -0.15) is 5.10 Å². The summed E-state index contributed by atoms with van der Waals surface area (Å²) in [5.74, 6) is 1.98. The van der Waals surface area contributed by atoms with Crippen molar-refractivity contribution in [1.29, 1.82) is 0 Å². The van der Waals surface area contributed by atoms with E-state index in [4.69, 9.17) is 9.72 Å². The Hall–Kier alpha value is -1.66. The molecule has 1 saturated carbocycles. The molecular weight excluding hydrogens is 314 g/mol. The number of aromatic amines is 1. The van der Waals surface area contributed by atoms with Crippen LogP contribution in [0.1, 0.15) is 55.7 Å². The minimum absolute atomic E-state index is 0.330. The molecule has 136 valence electrons. The molecule has 0 spiro atoms. The molecule has 0 saturated heterocycles. The first kappa shape index (κ1) is 16.8. The molecule has 0 amide bonds. The Morgan fingerprint density at radius 2 is 2.12 bits per heavy atom. The Kier molecular flexibility index (Phi) is 5.17. The predicted octanol–water partition coefficient (Wildman–Crippen LogP) is 2.93. The molecule has 2 aliphatic rings. The summed E-state index contributed by atoms with van der Waals surface area (Å²) < 4.78 is 8.34. The lowest BCUT2D eigenvalue weighted by Gasteiger charge is -2.34. The summed E-state index contributed by atoms with van der Waals surface area (Å²) in [5, 5.41) is 6.94. The molecule has 3 heterocycles. The van der Waals surface area contributed by atoms with Gasteiger partial charge in [0.15, 0.2) is 0 Å². The van der Waals surface area contributed by atoms with Crippen molar-refractivity contribution in [2.24, 2.45) is 5.92 Å². The zero-order chi connectivity index (χ0) is 17.1. The van der Waals surface area contributed by atoms with Crippen LogP contribution in [-0.4, -0.2) is 44.4 Å². The van der Waals surface area contributed by atoms with Crippen LogP contribution in [0.25, 0.3) is 0 Å². The molecule has 0 radical (unpaired) electrons. The Morgan fingerprint density at radius 1 is 1.24 bits per heavy atom. The second kappa shape index (κ2) is 7.70. The van der Waals surface area contributed by atoms with Gasteiger partial charge in [0.25, 0.3) is 0 Å². The van der Waals surface area contributed by atoms with E-state index in [1.165, 1.54) is 42.8 Å². The van der Waals surface area contributed by atoms with Crippen LogP contribution in [0.5, 0.6) is 0 Å². The van der Waals surface area contributed by atoms with Gasteiger partial charge in [0, 0.05) is 56.3 Å². The smallest absolute Gasteiger partial charge is 0.126 e. The standard InChI is InChI=1S/C19H29N5O/c1-15-19-20-12-18(6-9-25-14-16-4-2-3-5-16)24(19)8-7-23(15)13-17-10-21-22-11-17/h10-12,15-16H,2-9,13-14H2,1H3,(H,21,22)/t15-/m0/s1. The van der Waals surface area contributed by atoms with E-state index in [1.807, 2.05) is 18.6 Å². The maximum atomic E-state index is 5.94. The Balaban J connectivity index is 1.31.